The van der Waals surface area contributed by atoms with Gasteiger partial charge in [0.05, 0.1) is 29.8 Å². The number of hydrogen-bond donors (Lipinski definition) is 2. The second-order valence-electron chi connectivity index (χ2n) is 7.54. The molecule has 0 aliphatic heterocycles. The van der Waals surface area contributed by atoms with E-state index in [0.29, 0.717) is 38.2 Å². The number of imidazole rings is 1. The van der Waals surface area contributed by atoms with Crippen LogP contribution in [0.4, 0.5) is 4.79 Å². The third kappa shape index (κ3) is 7.35. The quantitative estimate of drug-likeness (QED) is 0.460. The lowest BCUT2D eigenvalue weighted by atomic mass is 10.2. The van der Waals surface area contributed by atoms with Gasteiger partial charge in [-0.25, -0.2) is 14.6 Å². The van der Waals surface area contributed by atoms with Crippen molar-refractivity contribution < 1.29 is 28.9 Å². The number of rotatable bonds is 10. The van der Waals surface area contributed by atoms with E-state index in [1.165, 1.54) is 0 Å². The smallest absolute Gasteiger partial charge is 0.407 e. The van der Waals surface area contributed by atoms with Crippen LogP contribution in [0, 0.1) is 6.92 Å². The molecule has 0 saturated carbocycles. The third-order valence-corrected chi connectivity index (χ3v) is 3.95. The van der Waals surface area contributed by atoms with Crippen LogP contribution in [-0.4, -0.2) is 58.9 Å². The highest BCUT2D eigenvalue weighted by Gasteiger charge is 2.15. The first-order valence-electron chi connectivity index (χ1n) is 9.50. The summed E-state index contributed by atoms with van der Waals surface area (Å²) in [4.78, 5) is 27.0. The van der Waals surface area contributed by atoms with Gasteiger partial charge in [-0.15, -0.1) is 0 Å². The number of benzene rings is 1. The van der Waals surface area contributed by atoms with Crippen LogP contribution in [0.3, 0.4) is 0 Å². The highest BCUT2D eigenvalue weighted by atomic mass is 16.7. The van der Waals surface area contributed by atoms with Crippen molar-refractivity contribution in [2.75, 3.05) is 26.6 Å². The zero-order valence-electron chi connectivity index (χ0n) is 17.4. The summed E-state index contributed by atoms with van der Waals surface area (Å²) in [5.74, 6) is -0.179. The van der Waals surface area contributed by atoms with Gasteiger partial charge in [0.15, 0.2) is 0 Å². The van der Waals surface area contributed by atoms with Gasteiger partial charge in [-0.05, 0) is 52.3 Å². The largest absolute Gasteiger partial charge is 0.478 e. The van der Waals surface area contributed by atoms with E-state index < -0.39 is 17.7 Å². The van der Waals surface area contributed by atoms with Crippen molar-refractivity contribution in [1.82, 2.24) is 14.9 Å². The van der Waals surface area contributed by atoms with E-state index >= 15 is 0 Å². The Bertz CT molecular complexity index is 841. The molecule has 0 spiro atoms. The number of aromatic carboxylic acids is 1. The second kappa shape index (κ2) is 10.2. The molecular formula is C20H29N3O6. The van der Waals surface area contributed by atoms with Gasteiger partial charge in [-0.3, -0.25) is 0 Å². The Labute approximate surface area is 170 Å². The summed E-state index contributed by atoms with van der Waals surface area (Å²) < 4.78 is 18.0. The molecule has 160 valence electrons. The number of amides is 1. The summed E-state index contributed by atoms with van der Waals surface area (Å²) in [6, 6.07) is 4.89. The molecule has 2 N–H and O–H groups in total. The molecule has 0 fully saturated rings. The maximum absolute atomic E-state index is 11.5. The summed E-state index contributed by atoms with van der Waals surface area (Å²) in [6.07, 6.45) is 0.215. The van der Waals surface area contributed by atoms with Crippen molar-refractivity contribution in [1.29, 1.82) is 0 Å². The predicted molar refractivity (Wildman–Crippen MR) is 107 cm³/mol. The fraction of sp³-hybridized carbons (Fsp3) is 0.550. The topological polar surface area (TPSA) is 112 Å². The van der Waals surface area contributed by atoms with E-state index in [2.05, 4.69) is 10.3 Å². The Hall–Kier alpha value is -2.65. The molecule has 2 rings (SSSR count). The zero-order chi connectivity index (χ0) is 21.4. The van der Waals surface area contributed by atoms with Crippen LogP contribution in [0.25, 0.3) is 11.0 Å². The van der Waals surface area contributed by atoms with Crippen molar-refractivity contribution in [3.05, 3.63) is 29.6 Å². The number of nitrogens with one attached hydrogen (secondary N) is 1. The van der Waals surface area contributed by atoms with Gasteiger partial charge in [-0.2, -0.15) is 0 Å². The van der Waals surface area contributed by atoms with E-state index in [-0.39, 0.29) is 12.4 Å². The van der Waals surface area contributed by atoms with Crippen molar-refractivity contribution in [3.63, 3.8) is 0 Å². The van der Waals surface area contributed by atoms with E-state index in [9.17, 15) is 9.59 Å². The second-order valence-corrected chi connectivity index (χ2v) is 7.54. The minimum absolute atomic E-state index is 0.154. The lowest BCUT2D eigenvalue weighted by Crippen LogP contribution is -2.33. The molecule has 1 amide bonds. The van der Waals surface area contributed by atoms with Gasteiger partial charge in [0.25, 0.3) is 0 Å². The Balaban J connectivity index is 1.63. The summed E-state index contributed by atoms with van der Waals surface area (Å²) in [5, 5.41) is 11.7. The van der Waals surface area contributed by atoms with Crippen LogP contribution in [0.5, 0.6) is 0 Å². The van der Waals surface area contributed by atoms with E-state index in [4.69, 9.17) is 19.3 Å². The Morgan fingerprint density at radius 2 is 1.93 bits per heavy atom. The van der Waals surface area contributed by atoms with Crippen LogP contribution >= 0.6 is 0 Å². The maximum Gasteiger partial charge on any atom is 0.407 e. The van der Waals surface area contributed by atoms with Gasteiger partial charge in [0.1, 0.15) is 18.2 Å². The highest BCUT2D eigenvalue weighted by molar-refractivity contribution is 5.92. The average Bonchev–Trinajstić information content (AvgIpc) is 2.93. The van der Waals surface area contributed by atoms with Gasteiger partial charge in [0.2, 0.25) is 0 Å². The lowest BCUT2D eigenvalue weighted by molar-refractivity contribution is -0.0561. The third-order valence-electron chi connectivity index (χ3n) is 3.95. The normalized spacial score (nSPS) is 11.6. The number of nitrogens with zero attached hydrogens (tertiary/aromatic N) is 2. The molecular weight excluding hydrogens is 378 g/mol. The monoisotopic (exact) mass is 407 g/mol. The molecule has 0 saturated heterocycles. The van der Waals surface area contributed by atoms with Gasteiger partial charge in [-0.1, -0.05) is 0 Å². The SMILES string of the molecule is Cc1nc2cc(C(=O)O)ccc2n1CCOCOCCCNC(=O)OC(C)(C)C. The Kier molecular flexibility index (Phi) is 7.98. The maximum atomic E-state index is 11.5. The molecule has 0 radical (unpaired) electrons. The predicted octanol–water partition coefficient (Wildman–Crippen LogP) is 2.95. The van der Waals surface area contributed by atoms with Crippen LogP contribution in [0.2, 0.25) is 0 Å². The van der Waals surface area contributed by atoms with Crippen molar-refractivity contribution in [2.45, 2.75) is 46.3 Å². The van der Waals surface area contributed by atoms with Crippen molar-refractivity contribution in [2.24, 2.45) is 0 Å². The van der Waals surface area contributed by atoms with Gasteiger partial charge in [0, 0.05) is 13.1 Å². The minimum atomic E-state index is -0.971. The molecule has 1 heterocycles. The fourth-order valence-corrected chi connectivity index (χ4v) is 2.68. The first kappa shape index (κ1) is 22.6. The van der Waals surface area contributed by atoms with Crippen LogP contribution < -0.4 is 5.32 Å². The highest BCUT2D eigenvalue weighted by Crippen LogP contribution is 2.18. The molecule has 0 bridgehead atoms. The lowest BCUT2D eigenvalue weighted by Gasteiger charge is -2.19. The van der Waals surface area contributed by atoms with Crippen LogP contribution in [0.1, 0.15) is 43.4 Å². The van der Waals surface area contributed by atoms with Gasteiger partial charge >= 0.3 is 12.1 Å². The molecule has 0 aliphatic rings. The number of alkyl carbamates (subject to hydrolysis) is 1. The van der Waals surface area contributed by atoms with Crippen LogP contribution in [-0.2, 0) is 20.8 Å². The van der Waals surface area contributed by atoms with Crippen LogP contribution in [0.15, 0.2) is 18.2 Å². The number of ether oxygens (including phenoxy) is 3. The number of aryl methyl sites for hydroxylation is 1. The van der Waals surface area contributed by atoms with E-state index in [1.807, 2.05) is 32.3 Å². The molecule has 0 unspecified atom stereocenters. The summed E-state index contributed by atoms with van der Waals surface area (Å²) >= 11 is 0. The molecule has 9 nitrogen and oxygen atoms in total. The number of carbonyl (C=O) groups is 2. The number of fused-ring (bicyclic) bond motifs is 1. The average molecular weight is 407 g/mol. The molecule has 29 heavy (non-hydrogen) atoms. The molecule has 1 aromatic carbocycles. The molecule has 1 aromatic heterocycles. The van der Waals surface area contributed by atoms with E-state index in [0.717, 1.165) is 11.3 Å². The minimum Gasteiger partial charge on any atom is -0.478 e. The molecule has 2 aromatic rings. The first-order valence-corrected chi connectivity index (χ1v) is 9.50. The number of hydrogen-bond acceptors (Lipinski definition) is 6. The molecule has 0 aliphatic carbocycles. The number of carboxylic acid groups (broad SMARTS) is 1. The van der Waals surface area contributed by atoms with Crippen molar-refractivity contribution in [3.8, 4) is 0 Å². The zero-order valence-corrected chi connectivity index (χ0v) is 17.4. The Morgan fingerprint density at radius 1 is 1.21 bits per heavy atom. The van der Waals surface area contributed by atoms with Gasteiger partial charge < -0.3 is 29.2 Å². The summed E-state index contributed by atoms with van der Waals surface area (Å²) in [6.45, 7) is 9.41. The molecule has 0 atom stereocenters. The fourth-order valence-electron chi connectivity index (χ4n) is 2.68. The molecule has 9 heteroatoms. The van der Waals surface area contributed by atoms with E-state index in [1.54, 1.807) is 18.2 Å². The number of carboxylic acids is 1. The number of carbonyl (C=O) groups excluding carboxylic acids is 1. The standard InChI is InChI=1S/C20H29N3O6/c1-14-22-16-12-15(18(24)25)6-7-17(16)23(14)9-11-28-13-27-10-5-8-21-19(26)29-20(2,3)4/h6-7,12H,5,8-11,13H2,1-4H3,(H,21,26)(H,24,25). The Morgan fingerprint density at radius 3 is 2.62 bits per heavy atom. The number of aromatic nitrogens is 2. The summed E-state index contributed by atoms with van der Waals surface area (Å²) in [5.41, 5.74) is 1.22. The van der Waals surface area contributed by atoms with Crippen molar-refractivity contribution >= 4 is 23.1 Å². The first-order chi connectivity index (χ1) is 13.7. The summed E-state index contributed by atoms with van der Waals surface area (Å²) in [7, 11) is 0.